The zero-order chi connectivity index (χ0) is 11.5. The summed E-state index contributed by atoms with van der Waals surface area (Å²) in [5.74, 6) is 0. The van der Waals surface area contributed by atoms with Crippen LogP contribution in [0.1, 0.15) is 23.4 Å². The molecule has 0 amide bonds. The lowest BCUT2D eigenvalue weighted by molar-refractivity contribution is 0.132. The highest BCUT2D eigenvalue weighted by Gasteiger charge is 2.25. The van der Waals surface area contributed by atoms with E-state index in [1.807, 2.05) is 11.3 Å². The van der Waals surface area contributed by atoms with Gasteiger partial charge in [-0.15, -0.1) is 11.3 Å². The van der Waals surface area contributed by atoms with E-state index in [0.29, 0.717) is 12.6 Å². The summed E-state index contributed by atoms with van der Waals surface area (Å²) in [4.78, 5) is 4.00. The number of rotatable bonds is 4. The van der Waals surface area contributed by atoms with Crippen molar-refractivity contribution < 1.29 is 4.74 Å². The summed E-state index contributed by atoms with van der Waals surface area (Å²) in [5, 5.41) is 2.19. The van der Waals surface area contributed by atoms with E-state index in [1.54, 1.807) is 12.0 Å². The molecule has 0 aromatic carbocycles. The minimum atomic E-state index is 0.118. The van der Waals surface area contributed by atoms with Crippen LogP contribution in [0, 0.1) is 0 Å². The number of fused-ring (bicyclic) bond motifs is 1. The quantitative estimate of drug-likeness (QED) is 0.869. The highest BCUT2D eigenvalue weighted by atomic mass is 32.1. The fourth-order valence-corrected chi connectivity index (χ4v) is 3.34. The summed E-state index contributed by atoms with van der Waals surface area (Å²) < 4.78 is 5.09. The van der Waals surface area contributed by atoms with Crippen LogP contribution in [0.4, 0.5) is 0 Å². The molecule has 16 heavy (non-hydrogen) atoms. The van der Waals surface area contributed by atoms with E-state index in [4.69, 9.17) is 10.5 Å². The molecule has 0 fully saturated rings. The summed E-state index contributed by atoms with van der Waals surface area (Å²) >= 11 is 1.88. The first kappa shape index (κ1) is 12.0. The lowest BCUT2D eigenvalue weighted by Crippen LogP contribution is -2.43. The predicted octanol–water partition coefficient (Wildman–Crippen LogP) is 1.64. The van der Waals surface area contributed by atoms with Crippen LogP contribution in [-0.2, 0) is 11.2 Å². The molecule has 0 saturated heterocycles. The first-order chi connectivity index (χ1) is 7.72. The Morgan fingerprint density at radius 2 is 2.50 bits per heavy atom. The van der Waals surface area contributed by atoms with Crippen LogP contribution in [0.5, 0.6) is 0 Å². The second kappa shape index (κ2) is 5.27. The molecule has 1 aromatic heterocycles. The topological polar surface area (TPSA) is 38.5 Å². The molecule has 3 nitrogen and oxygen atoms in total. The SMILES string of the molecule is COCC(N)CN1CCc2sccc2C1C. The molecule has 2 rings (SSSR count). The first-order valence-corrected chi connectivity index (χ1v) is 6.65. The molecule has 4 heteroatoms. The molecule has 2 atom stereocenters. The van der Waals surface area contributed by atoms with Crippen molar-refractivity contribution in [2.45, 2.75) is 25.4 Å². The van der Waals surface area contributed by atoms with Gasteiger partial charge in [-0.3, -0.25) is 4.90 Å². The van der Waals surface area contributed by atoms with Gasteiger partial charge >= 0.3 is 0 Å². The zero-order valence-electron chi connectivity index (χ0n) is 9.98. The molecule has 90 valence electrons. The summed E-state index contributed by atoms with van der Waals surface area (Å²) in [5.41, 5.74) is 7.50. The van der Waals surface area contributed by atoms with E-state index in [2.05, 4.69) is 23.3 Å². The lowest BCUT2D eigenvalue weighted by atomic mass is 10.0. The Bertz CT molecular complexity index is 340. The fourth-order valence-electron chi connectivity index (χ4n) is 2.38. The van der Waals surface area contributed by atoms with Crippen molar-refractivity contribution in [2.75, 3.05) is 26.8 Å². The smallest absolute Gasteiger partial charge is 0.0626 e. The molecule has 2 N–H and O–H groups in total. The Labute approximate surface area is 101 Å². The average molecular weight is 240 g/mol. The van der Waals surface area contributed by atoms with Crippen molar-refractivity contribution in [3.63, 3.8) is 0 Å². The summed E-state index contributed by atoms with van der Waals surface area (Å²) in [6.07, 6.45) is 1.16. The molecule has 2 heterocycles. The maximum absolute atomic E-state index is 6.01. The molecule has 0 aliphatic carbocycles. The number of nitrogens with two attached hydrogens (primary N) is 1. The van der Waals surface area contributed by atoms with Crippen molar-refractivity contribution in [3.05, 3.63) is 21.9 Å². The Kier molecular flexibility index (Phi) is 3.97. The molecular weight excluding hydrogens is 220 g/mol. The van der Waals surface area contributed by atoms with Gasteiger partial charge in [-0.05, 0) is 30.4 Å². The number of methoxy groups -OCH3 is 1. The van der Waals surface area contributed by atoms with E-state index in [-0.39, 0.29) is 6.04 Å². The average Bonchev–Trinajstić information content (AvgIpc) is 2.71. The van der Waals surface area contributed by atoms with Gasteiger partial charge < -0.3 is 10.5 Å². The normalized spacial score (nSPS) is 23.1. The van der Waals surface area contributed by atoms with E-state index in [9.17, 15) is 0 Å². The van der Waals surface area contributed by atoms with Crippen molar-refractivity contribution in [2.24, 2.45) is 5.73 Å². The zero-order valence-corrected chi connectivity index (χ0v) is 10.8. The van der Waals surface area contributed by atoms with Gasteiger partial charge in [0.15, 0.2) is 0 Å². The molecule has 2 unspecified atom stereocenters. The van der Waals surface area contributed by atoms with Crippen molar-refractivity contribution in [1.82, 2.24) is 4.90 Å². The first-order valence-electron chi connectivity index (χ1n) is 5.77. The van der Waals surface area contributed by atoms with Gasteiger partial charge in [-0.2, -0.15) is 0 Å². The van der Waals surface area contributed by atoms with E-state index < -0.39 is 0 Å². The monoisotopic (exact) mass is 240 g/mol. The van der Waals surface area contributed by atoms with Gasteiger partial charge in [-0.25, -0.2) is 0 Å². The third kappa shape index (κ3) is 2.46. The fraction of sp³-hybridized carbons (Fsp3) is 0.667. The van der Waals surface area contributed by atoms with Crippen LogP contribution in [-0.4, -0.2) is 37.7 Å². The van der Waals surface area contributed by atoms with E-state index >= 15 is 0 Å². The third-order valence-corrected chi connectivity index (χ3v) is 4.25. The minimum absolute atomic E-state index is 0.118. The standard InChI is InChI=1S/C12H20N2OS/c1-9-11-4-6-16-12(11)3-5-14(9)7-10(13)8-15-2/h4,6,9-10H,3,5,7-8,13H2,1-2H3. The number of hydrogen-bond acceptors (Lipinski definition) is 4. The van der Waals surface area contributed by atoms with Crippen molar-refractivity contribution in [1.29, 1.82) is 0 Å². The van der Waals surface area contributed by atoms with Gasteiger partial charge in [0.2, 0.25) is 0 Å². The molecule has 1 aliphatic heterocycles. The summed E-state index contributed by atoms with van der Waals surface area (Å²) in [6.45, 7) is 4.94. The number of nitrogens with zero attached hydrogens (tertiary/aromatic N) is 1. The van der Waals surface area contributed by atoms with Crippen LogP contribution in [0.3, 0.4) is 0 Å². The van der Waals surface area contributed by atoms with Crippen molar-refractivity contribution in [3.8, 4) is 0 Å². The summed E-state index contributed by atoms with van der Waals surface area (Å²) in [6, 6.07) is 2.86. The van der Waals surface area contributed by atoms with Crippen LogP contribution < -0.4 is 5.73 Å². The van der Waals surface area contributed by atoms with Crippen LogP contribution >= 0.6 is 11.3 Å². The number of ether oxygens (including phenoxy) is 1. The second-order valence-electron chi connectivity index (χ2n) is 4.44. The largest absolute Gasteiger partial charge is 0.383 e. The van der Waals surface area contributed by atoms with Crippen LogP contribution in [0.25, 0.3) is 0 Å². The van der Waals surface area contributed by atoms with Crippen LogP contribution in [0.15, 0.2) is 11.4 Å². The number of hydrogen-bond donors (Lipinski definition) is 1. The highest BCUT2D eigenvalue weighted by molar-refractivity contribution is 7.10. The predicted molar refractivity (Wildman–Crippen MR) is 67.9 cm³/mol. The molecule has 1 aliphatic rings. The van der Waals surface area contributed by atoms with Crippen LogP contribution in [0.2, 0.25) is 0 Å². The van der Waals surface area contributed by atoms with Gasteiger partial charge in [0.1, 0.15) is 0 Å². The molecule has 0 spiro atoms. The van der Waals surface area contributed by atoms with Gasteiger partial charge in [-0.1, -0.05) is 0 Å². The second-order valence-corrected chi connectivity index (χ2v) is 5.44. The Morgan fingerprint density at radius 3 is 3.25 bits per heavy atom. The lowest BCUT2D eigenvalue weighted by Gasteiger charge is -2.35. The third-order valence-electron chi connectivity index (χ3n) is 3.25. The highest BCUT2D eigenvalue weighted by Crippen LogP contribution is 2.32. The van der Waals surface area contributed by atoms with Crippen molar-refractivity contribution >= 4 is 11.3 Å². The van der Waals surface area contributed by atoms with Gasteiger partial charge in [0.05, 0.1) is 6.61 Å². The maximum Gasteiger partial charge on any atom is 0.0626 e. The van der Waals surface area contributed by atoms with Gasteiger partial charge in [0.25, 0.3) is 0 Å². The Morgan fingerprint density at radius 1 is 1.69 bits per heavy atom. The van der Waals surface area contributed by atoms with E-state index in [1.165, 1.54) is 5.56 Å². The molecule has 0 radical (unpaired) electrons. The molecule has 0 saturated carbocycles. The molecule has 0 bridgehead atoms. The summed E-state index contributed by atoms with van der Waals surface area (Å²) in [7, 11) is 1.70. The maximum atomic E-state index is 6.01. The minimum Gasteiger partial charge on any atom is -0.383 e. The number of thiophene rings is 1. The Hall–Kier alpha value is -0.420. The van der Waals surface area contributed by atoms with Gasteiger partial charge in [0, 0.05) is 37.2 Å². The van der Waals surface area contributed by atoms with E-state index in [0.717, 1.165) is 19.5 Å². The molecule has 1 aromatic rings. The Balaban J connectivity index is 1.99. The molecular formula is C12H20N2OS.